The topological polar surface area (TPSA) is 72.9 Å². The summed E-state index contributed by atoms with van der Waals surface area (Å²) < 4.78 is 0. The third-order valence-corrected chi connectivity index (χ3v) is 7.79. The molecule has 7 heteroatoms. The Hall–Kier alpha value is -3.45. The summed E-state index contributed by atoms with van der Waals surface area (Å²) in [5.74, 6) is -0.289. The molecule has 0 atom stereocenters. The number of amides is 2. The number of nitrogens with one attached hydrogen (secondary N) is 1. The summed E-state index contributed by atoms with van der Waals surface area (Å²) in [5, 5.41) is 13.3. The van der Waals surface area contributed by atoms with Crippen LogP contribution in [0.1, 0.15) is 39.1 Å². The van der Waals surface area contributed by atoms with Crippen molar-refractivity contribution in [3.63, 3.8) is 0 Å². The maximum Gasteiger partial charge on any atom is 0.255 e. The van der Waals surface area contributed by atoms with Crippen molar-refractivity contribution < 1.29 is 14.7 Å². The minimum atomic E-state index is -0.296. The standard InChI is InChI=1S/C29H33N3O3S/c1-31(2)23-11-9-21(10-12-23)28(35)32-17-15-29(16-18-32,22-7-5-4-6-8-22)20-30-27(34)25-19-24(36-3)13-14-26(25)33/h4-14,19,33H,15-18,20H2,1-3H3,(H,30,34). The minimum Gasteiger partial charge on any atom is -0.507 e. The average Bonchev–Trinajstić information content (AvgIpc) is 2.92. The second-order valence-corrected chi connectivity index (χ2v) is 10.3. The molecule has 0 aliphatic carbocycles. The highest BCUT2D eigenvalue weighted by molar-refractivity contribution is 7.98. The number of phenols is 1. The van der Waals surface area contributed by atoms with Gasteiger partial charge in [-0.05, 0) is 67.1 Å². The summed E-state index contributed by atoms with van der Waals surface area (Å²) in [6.07, 6.45) is 3.40. The highest BCUT2D eigenvalue weighted by atomic mass is 32.2. The number of hydrogen-bond donors (Lipinski definition) is 2. The molecule has 1 aliphatic heterocycles. The molecule has 1 heterocycles. The van der Waals surface area contributed by atoms with Crippen molar-refractivity contribution in [2.24, 2.45) is 0 Å². The predicted octanol–water partition coefficient (Wildman–Crippen LogP) is 4.78. The Morgan fingerprint density at radius 2 is 1.67 bits per heavy atom. The van der Waals surface area contributed by atoms with Gasteiger partial charge in [0.05, 0.1) is 5.56 Å². The van der Waals surface area contributed by atoms with E-state index >= 15 is 0 Å². The van der Waals surface area contributed by atoms with Gasteiger partial charge in [-0.1, -0.05) is 30.3 Å². The molecule has 0 saturated carbocycles. The van der Waals surface area contributed by atoms with E-state index in [1.54, 1.807) is 18.2 Å². The lowest BCUT2D eigenvalue weighted by Gasteiger charge is -2.42. The molecular formula is C29H33N3O3S. The van der Waals surface area contributed by atoms with Crippen molar-refractivity contribution in [2.45, 2.75) is 23.2 Å². The van der Waals surface area contributed by atoms with Crippen LogP contribution in [0.5, 0.6) is 5.75 Å². The molecule has 1 fully saturated rings. The first kappa shape index (κ1) is 25.6. The van der Waals surface area contributed by atoms with E-state index in [1.165, 1.54) is 11.8 Å². The van der Waals surface area contributed by atoms with Crippen molar-refractivity contribution in [2.75, 3.05) is 44.9 Å². The van der Waals surface area contributed by atoms with Gasteiger partial charge >= 0.3 is 0 Å². The molecule has 3 aromatic rings. The summed E-state index contributed by atoms with van der Waals surface area (Å²) in [5.41, 5.74) is 2.87. The number of hydrogen-bond acceptors (Lipinski definition) is 5. The normalized spacial score (nSPS) is 14.8. The SMILES string of the molecule is CSc1ccc(O)c(C(=O)NCC2(c3ccccc3)CCN(C(=O)c3ccc(N(C)C)cc3)CC2)c1. The van der Waals surface area contributed by atoms with E-state index in [2.05, 4.69) is 17.4 Å². The van der Waals surface area contributed by atoms with Crippen LogP contribution in [0.2, 0.25) is 0 Å². The van der Waals surface area contributed by atoms with Crippen LogP contribution in [0.15, 0.2) is 77.7 Å². The van der Waals surface area contributed by atoms with Crippen molar-refractivity contribution in [3.8, 4) is 5.75 Å². The van der Waals surface area contributed by atoms with Crippen molar-refractivity contribution in [3.05, 3.63) is 89.5 Å². The van der Waals surface area contributed by atoms with Crippen LogP contribution >= 0.6 is 11.8 Å². The van der Waals surface area contributed by atoms with Crippen LogP contribution in [0, 0.1) is 0 Å². The van der Waals surface area contributed by atoms with Gasteiger partial charge in [0.15, 0.2) is 0 Å². The first-order valence-electron chi connectivity index (χ1n) is 12.1. The summed E-state index contributed by atoms with van der Waals surface area (Å²) in [4.78, 5) is 31.1. The fraction of sp³-hybridized carbons (Fsp3) is 0.310. The molecule has 0 spiro atoms. The summed E-state index contributed by atoms with van der Waals surface area (Å²) >= 11 is 1.52. The Kier molecular flexibility index (Phi) is 7.89. The van der Waals surface area contributed by atoms with Gasteiger partial charge in [-0.15, -0.1) is 11.8 Å². The number of carbonyl (C=O) groups excluding carboxylic acids is 2. The van der Waals surface area contributed by atoms with E-state index in [0.717, 1.165) is 29.0 Å². The van der Waals surface area contributed by atoms with Crippen molar-refractivity contribution in [1.29, 1.82) is 0 Å². The number of anilines is 1. The van der Waals surface area contributed by atoms with Gasteiger partial charge in [-0.2, -0.15) is 0 Å². The van der Waals surface area contributed by atoms with Gasteiger partial charge in [0.2, 0.25) is 0 Å². The number of likely N-dealkylation sites (tertiary alicyclic amines) is 1. The zero-order chi connectivity index (χ0) is 25.7. The molecular weight excluding hydrogens is 470 g/mol. The van der Waals surface area contributed by atoms with Gasteiger partial charge in [0.1, 0.15) is 5.75 Å². The Morgan fingerprint density at radius 1 is 1.00 bits per heavy atom. The number of phenolic OH excluding ortho intramolecular Hbond substituents is 1. The Balaban J connectivity index is 1.49. The van der Waals surface area contributed by atoms with E-state index in [4.69, 9.17) is 0 Å². The predicted molar refractivity (Wildman–Crippen MR) is 146 cm³/mol. The number of aromatic hydroxyl groups is 1. The van der Waals surface area contributed by atoms with E-state index in [-0.39, 0.29) is 28.5 Å². The van der Waals surface area contributed by atoms with E-state index < -0.39 is 0 Å². The van der Waals surface area contributed by atoms with Gasteiger partial charge in [0.25, 0.3) is 11.8 Å². The zero-order valence-electron chi connectivity index (χ0n) is 21.0. The van der Waals surface area contributed by atoms with E-state index in [0.29, 0.717) is 25.2 Å². The fourth-order valence-corrected chi connectivity index (χ4v) is 5.19. The van der Waals surface area contributed by atoms with Crippen LogP contribution in [0.25, 0.3) is 0 Å². The maximum atomic E-state index is 13.2. The van der Waals surface area contributed by atoms with Crippen LogP contribution in [-0.4, -0.2) is 61.8 Å². The Labute approximate surface area is 217 Å². The monoisotopic (exact) mass is 503 g/mol. The molecule has 36 heavy (non-hydrogen) atoms. The summed E-state index contributed by atoms with van der Waals surface area (Å²) in [6, 6.07) is 22.9. The molecule has 0 unspecified atom stereocenters. The number of carbonyl (C=O) groups is 2. The number of thioether (sulfide) groups is 1. The van der Waals surface area contributed by atoms with Crippen molar-refractivity contribution in [1.82, 2.24) is 10.2 Å². The molecule has 2 amide bonds. The molecule has 0 aromatic heterocycles. The van der Waals surface area contributed by atoms with Crippen molar-refractivity contribution >= 4 is 29.3 Å². The number of nitrogens with zero attached hydrogens (tertiary/aromatic N) is 2. The first-order valence-corrected chi connectivity index (χ1v) is 13.3. The molecule has 4 rings (SSSR count). The maximum absolute atomic E-state index is 13.2. The molecule has 6 nitrogen and oxygen atoms in total. The molecule has 188 valence electrons. The minimum absolute atomic E-state index is 0.0280. The van der Waals surface area contributed by atoms with E-state index in [9.17, 15) is 14.7 Å². The second-order valence-electron chi connectivity index (χ2n) is 9.45. The third-order valence-electron chi connectivity index (χ3n) is 7.06. The molecule has 2 N–H and O–H groups in total. The lowest BCUT2D eigenvalue weighted by molar-refractivity contribution is 0.0656. The van der Waals surface area contributed by atoms with Crippen LogP contribution in [0.4, 0.5) is 5.69 Å². The molecule has 0 bridgehead atoms. The lowest BCUT2D eigenvalue weighted by atomic mass is 9.72. The summed E-state index contributed by atoms with van der Waals surface area (Å²) in [7, 11) is 3.95. The van der Waals surface area contributed by atoms with E-state index in [1.807, 2.05) is 72.6 Å². The Bertz CT molecular complexity index is 1200. The first-order chi connectivity index (χ1) is 17.3. The number of piperidine rings is 1. The zero-order valence-corrected chi connectivity index (χ0v) is 21.8. The van der Waals surface area contributed by atoms with Crippen LogP contribution in [0.3, 0.4) is 0 Å². The largest absolute Gasteiger partial charge is 0.507 e. The highest BCUT2D eigenvalue weighted by Crippen LogP contribution is 2.36. The average molecular weight is 504 g/mol. The molecule has 0 radical (unpaired) electrons. The second kappa shape index (κ2) is 11.1. The summed E-state index contributed by atoms with van der Waals surface area (Å²) in [6.45, 7) is 1.64. The number of benzene rings is 3. The molecule has 3 aromatic carbocycles. The van der Waals surface area contributed by atoms with Crippen LogP contribution < -0.4 is 10.2 Å². The fourth-order valence-electron chi connectivity index (χ4n) is 4.75. The number of rotatable bonds is 7. The smallest absolute Gasteiger partial charge is 0.255 e. The van der Waals surface area contributed by atoms with Gasteiger partial charge in [-0.3, -0.25) is 9.59 Å². The molecule has 1 aliphatic rings. The van der Waals surface area contributed by atoms with Crippen LogP contribution in [-0.2, 0) is 5.41 Å². The van der Waals surface area contributed by atoms with Gasteiger partial charge in [0, 0.05) is 55.3 Å². The highest BCUT2D eigenvalue weighted by Gasteiger charge is 2.38. The Morgan fingerprint density at radius 3 is 2.28 bits per heavy atom. The van der Waals surface area contributed by atoms with Gasteiger partial charge < -0.3 is 20.2 Å². The van der Waals surface area contributed by atoms with Gasteiger partial charge in [-0.25, -0.2) is 0 Å². The lowest BCUT2D eigenvalue weighted by Crippen LogP contribution is -2.50. The molecule has 1 saturated heterocycles. The quantitative estimate of drug-likeness (QED) is 0.454. The third kappa shape index (κ3) is 5.51.